The number of halogens is 1. The summed E-state index contributed by atoms with van der Waals surface area (Å²) < 4.78 is 19.4. The number of nitrogens with zero attached hydrogens (tertiary/aromatic N) is 1. The van der Waals surface area contributed by atoms with Gasteiger partial charge in [0.05, 0.1) is 18.8 Å². The van der Waals surface area contributed by atoms with Crippen molar-refractivity contribution in [3.63, 3.8) is 0 Å². The number of hydrogen-bond donors (Lipinski definition) is 2. The summed E-state index contributed by atoms with van der Waals surface area (Å²) in [7, 11) is 0. The van der Waals surface area contributed by atoms with Gasteiger partial charge in [-0.25, -0.2) is 4.39 Å². The van der Waals surface area contributed by atoms with Crippen LogP contribution in [0.1, 0.15) is 24.5 Å². The average molecular weight is 294 g/mol. The van der Waals surface area contributed by atoms with Crippen LogP contribution < -0.4 is 5.32 Å². The Hall–Kier alpha value is -1.01. The van der Waals surface area contributed by atoms with Gasteiger partial charge in [0, 0.05) is 31.2 Å². The van der Waals surface area contributed by atoms with Gasteiger partial charge in [0.2, 0.25) is 0 Å². The van der Waals surface area contributed by atoms with E-state index in [1.54, 1.807) is 18.2 Å². The molecule has 2 saturated heterocycles. The molecule has 2 N–H and O–H groups in total. The van der Waals surface area contributed by atoms with Gasteiger partial charge in [0.25, 0.3) is 0 Å². The number of nitrogens with one attached hydrogen (secondary N) is 1. The molecule has 2 aliphatic rings. The van der Waals surface area contributed by atoms with Crippen molar-refractivity contribution in [2.75, 3.05) is 32.8 Å². The molecule has 2 heterocycles. The summed E-state index contributed by atoms with van der Waals surface area (Å²) >= 11 is 0. The molecule has 0 saturated carbocycles. The van der Waals surface area contributed by atoms with E-state index >= 15 is 0 Å². The fourth-order valence-electron chi connectivity index (χ4n) is 3.25. The highest BCUT2D eigenvalue weighted by molar-refractivity contribution is 5.19. The van der Waals surface area contributed by atoms with Crippen LogP contribution in [0.2, 0.25) is 0 Å². The van der Waals surface area contributed by atoms with Crippen molar-refractivity contribution in [2.45, 2.75) is 31.1 Å². The molecule has 0 radical (unpaired) electrons. The van der Waals surface area contributed by atoms with Gasteiger partial charge in [-0.1, -0.05) is 18.2 Å². The van der Waals surface area contributed by atoms with Gasteiger partial charge in [0.15, 0.2) is 0 Å². The minimum absolute atomic E-state index is 0.159. The molecular formula is C16H23FN2O2. The van der Waals surface area contributed by atoms with E-state index < -0.39 is 6.10 Å². The van der Waals surface area contributed by atoms with Crippen LogP contribution in [0.15, 0.2) is 24.3 Å². The van der Waals surface area contributed by atoms with Crippen LogP contribution in [0, 0.1) is 5.82 Å². The Kier molecular flexibility index (Phi) is 4.85. The molecule has 0 bridgehead atoms. The van der Waals surface area contributed by atoms with Crippen molar-refractivity contribution in [1.82, 2.24) is 10.2 Å². The van der Waals surface area contributed by atoms with Gasteiger partial charge < -0.3 is 15.2 Å². The van der Waals surface area contributed by atoms with Gasteiger partial charge in [-0.05, 0) is 25.5 Å². The molecule has 5 heteroatoms. The van der Waals surface area contributed by atoms with Crippen molar-refractivity contribution in [2.24, 2.45) is 0 Å². The highest BCUT2D eigenvalue weighted by Gasteiger charge is 2.31. The predicted octanol–water partition coefficient (Wildman–Crippen LogP) is 1.31. The summed E-state index contributed by atoms with van der Waals surface area (Å²) in [5.41, 5.74) is 0.342. The summed E-state index contributed by atoms with van der Waals surface area (Å²) in [6.07, 6.45) is 1.84. The molecule has 2 aliphatic heterocycles. The first-order valence-corrected chi connectivity index (χ1v) is 7.73. The van der Waals surface area contributed by atoms with Crippen LogP contribution in [0.5, 0.6) is 0 Å². The molecular weight excluding hydrogens is 271 g/mol. The first kappa shape index (κ1) is 14.9. The standard InChI is InChI=1S/C16H23FN2O2/c17-15-6-2-1-5-14(15)16(20)9-18-8-13-10-19-7-3-4-12(19)11-21-13/h1-2,5-6,12-13,16,18,20H,3-4,7-11H2. The Morgan fingerprint density at radius 3 is 3.14 bits per heavy atom. The summed E-state index contributed by atoms with van der Waals surface area (Å²) in [4.78, 5) is 2.49. The number of aliphatic hydroxyl groups excluding tert-OH is 1. The second-order valence-corrected chi connectivity index (χ2v) is 5.94. The largest absolute Gasteiger partial charge is 0.387 e. The van der Waals surface area contributed by atoms with E-state index in [9.17, 15) is 9.50 Å². The third kappa shape index (κ3) is 3.61. The number of ether oxygens (including phenoxy) is 1. The Bertz CT molecular complexity index is 471. The third-order valence-corrected chi connectivity index (χ3v) is 4.44. The first-order chi connectivity index (χ1) is 10.2. The normalized spacial score (nSPS) is 27.5. The first-order valence-electron chi connectivity index (χ1n) is 7.73. The highest BCUT2D eigenvalue weighted by Crippen LogP contribution is 2.22. The zero-order valence-corrected chi connectivity index (χ0v) is 12.2. The van der Waals surface area contributed by atoms with Crippen LogP contribution >= 0.6 is 0 Å². The molecule has 0 aromatic heterocycles. The lowest BCUT2D eigenvalue weighted by Gasteiger charge is -2.35. The minimum Gasteiger partial charge on any atom is -0.387 e. The molecule has 1 aromatic carbocycles. The molecule has 0 aliphatic carbocycles. The van der Waals surface area contributed by atoms with E-state index in [1.807, 2.05) is 0 Å². The molecule has 116 valence electrons. The Labute approximate surface area is 124 Å². The fraction of sp³-hybridized carbons (Fsp3) is 0.625. The molecule has 0 spiro atoms. The summed E-state index contributed by atoms with van der Waals surface area (Å²) in [6.45, 7) is 3.96. The number of benzene rings is 1. The minimum atomic E-state index is -0.825. The molecule has 1 aromatic rings. The number of hydrogen-bond acceptors (Lipinski definition) is 4. The lowest BCUT2D eigenvalue weighted by Crippen LogP contribution is -2.49. The number of morpholine rings is 1. The Morgan fingerprint density at radius 1 is 1.43 bits per heavy atom. The van der Waals surface area contributed by atoms with Gasteiger partial charge in [-0.15, -0.1) is 0 Å². The smallest absolute Gasteiger partial charge is 0.129 e. The topological polar surface area (TPSA) is 44.7 Å². The molecule has 21 heavy (non-hydrogen) atoms. The predicted molar refractivity (Wildman–Crippen MR) is 78.6 cm³/mol. The van der Waals surface area contributed by atoms with Crippen molar-refractivity contribution in [3.8, 4) is 0 Å². The number of fused-ring (bicyclic) bond motifs is 1. The lowest BCUT2D eigenvalue weighted by molar-refractivity contribution is -0.0476. The van der Waals surface area contributed by atoms with Crippen LogP contribution in [0.25, 0.3) is 0 Å². The van der Waals surface area contributed by atoms with Crippen molar-refractivity contribution in [3.05, 3.63) is 35.6 Å². The second kappa shape index (κ2) is 6.83. The van der Waals surface area contributed by atoms with Gasteiger partial charge in [0.1, 0.15) is 5.82 Å². The Morgan fingerprint density at radius 2 is 2.29 bits per heavy atom. The molecule has 3 atom stereocenters. The quantitative estimate of drug-likeness (QED) is 0.859. The van der Waals surface area contributed by atoms with Crippen molar-refractivity contribution < 1.29 is 14.2 Å². The van der Waals surface area contributed by atoms with Gasteiger partial charge in [-0.3, -0.25) is 4.90 Å². The molecule has 3 unspecified atom stereocenters. The molecule has 4 nitrogen and oxygen atoms in total. The molecule has 2 fully saturated rings. The van der Waals surface area contributed by atoms with E-state index in [0.29, 0.717) is 24.7 Å². The van der Waals surface area contributed by atoms with Crippen molar-refractivity contribution in [1.29, 1.82) is 0 Å². The molecule has 0 amide bonds. The van der Waals surface area contributed by atoms with E-state index in [2.05, 4.69) is 10.2 Å². The molecule has 3 rings (SSSR count). The van der Waals surface area contributed by atoms with Crippen LogP contribution in [-0.4, -0.2) is 54.9 Å². The number of aliphatic hydroxyl groups is 1. The third-order valence-electron chi connectivity index (χ3n) is 4.44. The van der Waals surface area contributed by atoms with E-state index in [4.69, 9.17) is 4.74 Å². The van der Waals surface area contributed by atoms with Gasteiger partial charge in [-0.2, -0.15) is 0 Å². The van der Waals surface area contributed by atoms with Crippen LogP contribution in [0.3, 0.4) is 0 Å². The van der Waals surface area contributed by atoms with Crippen molar-refractivity contribution >= 4 is 0 Å². The SMILES string of the molecule is OC(CNCC1CN2CCCC2CO1)c1ccccc1F. The van der Waals surface area contributed by atoms with E-state index in [0.717, 1.165) is 13.2 Å². The maximum Gasteiger partial charge on any atom is 0.129 e. The number of rotatable bonds is 5. The lowest BCUT2D eigenvalue weighted by atomic mass is 10.1. The summed E-state index contributed by atoms with van der Waals surface area (Å²) in [5.74, 6) is -0.361. The summed E-state index contributed by atoms with van der Waals surface area (Å²) in [6, 6.07) is 6.95. The fourth-order valence-corrected chi connectivity index (χ4v) is 3.25. The Balaban J connectivity index is 1.43. The van der Waals surface area contributed by atoms with Gasteiger partial charge >= 0.3 is 0 Å². The zero-order chi connectivity index (χ0) is 14.7. The summed E-state index contributed by atoms with van der Waals surface area (Å²) in [5, 5.41) is 13.2. The maximum atomic E-state index is 13.5. The van der Waals surface area contributed by atoms with Crippen LogP contribution in [0.4, 0.5) is 4.39 Å². The zero-order valence-electron chi connectivity index (χ0n) is 12.2. The maximum absolute atomic E-state index is 13.5. The van der Waals surface area contributed by atoms with E-state index in [1.165, 1.54) is 25.5 Å². The highest BCUT2D eigenvalue weighted by atomic mass is 19.1. The van der Waals surface area contributed by atoms with E-state index in [-0.39, 0.29) is 11.9 Å². The monoisotopic (exact) mass is 294 g/mol. The average Bonchev–Trinajstić information content (AvgIpc) is 2.95. The second-order valence-electron chi connectivity index (χ2n) is 5.94. The van der Waals surface area contributed by atoms with Crippen LogP contribution in [-0.2, 0) is 4.74 Å².